The average Bonchev–Trinajstić information content (AvgIpc) is 0.773. The van der Waals surface area contributed by atoms with Crippen LogP contribution in [0.2, 0.25) is 0 Å². The van der Waals surface area contributed by atoms with Crippen molar-refractivity contribution >= 4 is 113 Å². The van der Waals surface area contributed by atoms with E-state index in [0.717, 1.165) is 132 Å². The maximum absolute atomic E-state index is 14.0. The highest BCUT2D eigenvalue weighted by atomic mass is 16.8. The first-order valence-electron chi connectivity index (χ1n) is 42.6. The molecule has 0 aromatic carbocycles. The molecule has 35 atom stereocenters. The second kappa shape index (κ2) is 51.1. The molecule has 14 bridgehead atoms. The van der Waals surface area contributed by atoms with E-state index in [4.69, 9.17) is 152 Å². The molecule has 14 unspecified atom stereocenters. The number of carbonyl (C=O) groups is 19. The molecule has 20 aliphatic heterocycles. The van der Waals surface area contributed by atoms with Gasteiger partial charge in [-0.3, -0.25) is 91.1 Å². The third-order valence-electron chi connectivity index (χ3n) is 20.8. The third kappa shape index (κ3) is 31.3. The van der Waals surface area contributed by atoms with Gasteiger partial charge in [0.25, 0.3) is 0 Å². The zero-order valence-corrected chi connectivity index (χ0v) is 77.9. The van der Waals surface area contributed by atoms with Gasteiger partial charge in [0.15, 0.2) is 123 Å². The van der Waals surface area contributed by atoms with Crippen molar-refractivity contribution in [2.24, 2.45) is 16.1 Å². The molecule has 138 heavy (non-hydrogen) atoms. The molecule has 0 radical (unpaired) electrons. The normalized spacial score (nSPS) is 34.9. The fourth-order valence-electron chi connectivity index (χ4n) is 16.4. The lowest BCUT2D eigenvalue weighted by Gasteiger charge is -2.52. The highest BCUT2D eigenvalue weighted by molar-refractivity contribution is 5.73. The van der Waals surface area contributed by atoms with Gasteiger partial charge < -0.3 is 152 Å². The van der Waals surface area contributed by atoms with Crippen LogP contribution in [0.1, 0.15) is 138 Å². The molecule has 21 fully saturated rings. The van der Waals surface area contributed by atoms with Crippen LogP contribution >= 0.6 is 0 Å². The molecule has 20 saturated heterocycles. The van der Waals surface area contributed by atoms with Crippen molar-refractivity contribution in [2.45, 2.75) is 347 Å². The minimum Gasteiger partial charge on any atom is -0.465 e. The molecule has 0 amide bonds. The molecule has 0 spiro atoms. The Balaban J connectivity index is 1.51. The van der Waals surface area contributed by atoms with Crippen molar-refractivity contribution in [3.05, 3.63) is 20.9 Å². The number of esters is 19. The maximum Gasteiger partial charge on any atom is 0.303 e. The van der Waals surface area contributed by atoms with Crippen molar-refractivity contribution in [1.29, 1.82) is 0 Å². The molecular formula is C81H108N6O51. The highest BCUT2D eigenvalue weighted by Gasteiger charge is 2.66. The summed E-state index contributed by atoms with van der Waals surface area (Å²) >= 11 is 0. The number of azide groups is 2. The highest BCUT2D eigenvalue weighted by Crippen LogP contribution is 2.46. The van der Waals surface area contributed by atoms with Crippen molar-refractivity contribution in [1.82, 2.24) is 0 Å². The first kappa shape index (κ1) is 111. The molecule has 1 saturated carbocycles. The molecule has 20 heterocycles. The molecule has 1 aliphatic carbocycles. The quantitative estimate of drug-likeness (QED) is 0.0295. The van der Waals surface area contributed by atoms with Crippen molar-refractivity contribution < 1.29 is 243 Å². The molecule has 57 heteroatoms. The van der Waals surface area contributed by atoms with E-state index < -0.39 is 381 Å². The fraction of sp³-hybridized carbons (Fsp3) is 0.765. The summed E-state index contributed by atoms with van der Waals surface area (Å²) in [4.78, 5) is 266. The van der Waals surface area contributed by atoms with Crippen LogP contribution in [0.3, 0.4) is 0 Å². The van der Waals surface area contributed by atoms with Gasteiger partial charge in [0.05, 0.1) is 38.0 Å². The van der Waals surface area contributed by atoms with Crippen LogP contribution < -0.4 is 0 Å². The SMILES string of the molecule is CC(=O)OCC1C[C@H]2O[C@H]3C(COC(C)=O)O[C@@H](O[C@H]4C(CN=[N+]=[N-])O[C@@H](O[C@H]5C(COC(C)=O)O[C@H](O[C@H]6C(COC(C)=O)O[C@@H](O[C@H]7C(CN=[N+]=[N-])O[C@H](O[C@H]8C(COC(C)=O)O[C@@H](O[C@@H]1[C@H](OC(C)=O)C2OC(C)=O)C(OC(C)=O)[C@H]8OC(C)=O)C(OC(C)=O)[C@H]7OC(C)=O)C(OC(C)=O)[C@H]6OC(C)=O)C(OC(C)=O)[C@H]5OC(C)=O)C(OC(C)=O)[C@H]4OC(C)=O)C(OC(C)=O)[C@H]3OC(C)=O. The van der Waals surface area contributed by atoms with Crippen LogP contribution in [0, 0.1) is 5.92 Å². The number of rotatable bonds is 28. The first-order chi connectivity index (χ1) is 64.9. The minimum absolute atomic E-state index is 0.763. The van der Waals surface area contributed by atoms with E-state index in [1.165, 1.54) is 0 Å². The number of hydrogen-bond donors (Lipinski definition) is 0. The van der Waals surface area contributed by atoms with Gasteiger partial charge >= 0.3 is 113 Å². The number of nitrogens with zero attached hydrogens (tertiary/aromatic N) is 6. The summed E-state index contributed by atoms with van der Waals surface area (Å²) in [5.41, 5.74) is 20.2. The lowest BCUT2D eigenvalue weighted by atomic mass is 9.80. The van der Waals surface area contributed by atoms with E-state index in [1.54, 1.807) is 0 Å². The van der Waals surface area contributed by atoms with Gasteiger partial charge in [-0.05, 0) is 17.5 Å². The summed E-state index contributed by atoms with van der Waals surface area (Å²) < 4.78 is 198. The topological polar surface area (TPSA) is 717 Å². The van der Waals surface area contributed by atoms with Crippen LogP contribution in [0.25, 0.3) is 20.9 Å². The van der Waals surface area contributed by atoms with Crippen molar-refractivity contribution in [2.75, 3.05) is 46.1 Å². The standard InChI is InChI=1S/C81H108N6O51/c1-28(88)107-23-47-20-48-56(112-33(6)93)63(113-34(7)94)55(47)133-78-73(123-44(17)104)67(117-38(11)98)60(52(130-78)25-109-30(3)90)136-76-71(121-42(15)102)65(115-36(9)96)58(50(128-76)22-85-87-83)135-80-74(124-45(18)105)69(119-40(13)100)62(54(131-80)27-111-32(5)92)138-81-75(125-46(19)106)68(118-39(12)99)61(53(132-81)26-110-31(4)91)137-77-70(120-41(14)101)64(114-35(8)95)57(49(127-77)21-84-86-82)134-79-72(122-43(16)103)66(116-37(10)97)59(126-48)51(129-79)24-108-29(2)89/h47-81H,20-27H2,1-19H3/t47?,48-,49?,50?,51?,52?,53?,54?,55+,56?,57+,58+,59+,60+,61+,62+,63+,64+,65+,66+,67+,68+,69+,70?,71?,72?,73?,74?,75?,76-,77+,78+,79+,80+,81-/m1/s1. The van der Waals surface area contributed by atoms with Crippen LogP contribution in [-0.4, -0.2) is 368 Å². The second-order valence-electron chi connectivity index (χ2n) is 31.9. The summed E-state index contributed by atoms with van der Waals surface area (Å²) in [6.07, 6.45) is -77.6. The Labute approximate surface area is 783 Å². The molecule has 0 aromatic heterocycles. The van der Waals surface area contributed by atoms with Gasteiger partial charge in [-0.2, -0.15) is 0 Å². The van der Waals surface area contributed by atoms with E-state index in [0.29, 0.717) is 0 Å². The monoisotopic (exact) mass is 1980 g/mol. The molecule has 0 aromatic rings. The van der Waals surface area contributed by atoms with E-state index in [2.05, 4.69) is 20.1 Å². The predicted octanol–water partition coefficient (Wildman–Crippen LogP) is -1.09. The van der Waals surface area contributed by atoms with E-state index >= 15 is 0 Å². The van der Waals surface area contributed by atoms with Crippen LogP contribution in [0.4, 0.5) is 0 Å². The van der Waals surface area contributed by atoms with E-state index in [-0.39, 0.29) is 0 Å². The Morgan fingerprint density at radius 1 is 0.210 bits per heavy atom. The third-order valence-corrected chi connectivity index (χ3v) is 20.8. The smallest absolute Gasteiger partial charge is 0.303 e. The van der Waals surface area contributed by atoms with E-state index in [9.17, 15) is 102 Å². The van der Waals surface area contributed by atoms with Crippen molar-refractivity contribution in [3.8, 4) is 0 Å². The largest absolute Gasteiger partial charge is 0.465 e. The van der Waals surface area contributed by atoms with Crippen LogP contribution in [0.15, 0.2) is 10.2 Å². The van der Waals surface area contributed by atoms with Gasteiger partial charge in [0.1, 0.15) is 93.6 Å². The summed E-state index contributed by atoms with van der Waals surface area (Å²) in [5.74, 6) is -25.0. The Bertz CT molecular complexity index is 4380. The minimum atomic E-state index is -2.45. The first-order valence-corrected chi connectivity index (χ1v) is 42.6. The molecular weight excluding hydrogens is 1870 g/mol. The zero-order valence-electron chi connectivity index (χ0n) is 77.9. The molecule has 57 nitrogen and oxygen atoms in total. The lowest BCUT2D eigenvalue weighted by Crippen LogP contribution is -2.70. The van der Waals surface area contributed by atoms with Gasteiger partial charge in [-0.15, -0.1) is 0 Å². The molecule has 768 valence electrons. The Morgan fingerprint density at radius 2 is 0.377 bits per heavy atom. The number of carbonyl (C=O) groups excluding carboxylic acids is 19. The summed E-state index contributed by atoms with van der Waals surface area (Å²) in [7, 11) is 0. The van der Waals surface area contributed by atoms with Gasteiger partial charge in [0, 0.05) is 147 Å². The maximum atomic E-state index is 14.0. The second-order valence-corrected chi connectivity index (χ2v) is 31.9. The van der Waals surface area contributed by atoms with Crippen molar-refractivity contribution in [3.63, 3.8) is 0 Å². The van der Waals surface area contributed by atoms with Crippen LogP contribution in [-0.2, 0) is 243 Å². The number of hydrogen-bond acceptors (Lipinski definition) is 53. The van der Waals surface area contributed by atoms with E-state index in [1.807, 2.05) is 0 Å². The number of ether oxygens (including phenoxy) is 32. The average molecular weight is 1980 g/mol. The predicted molar refractivity (Wildman–Crippen MR) is 427 cm³/mol. The zero-order chi connectivity index (χ0) is 102. The Morgan fingerprint density at radius 3 is 0.580 bits per heavy atom. The molecule has 0 N–H and O–H groups in total. The lowest BCUT2D eigenvalue weighted by molar-refractivity contribution is -0.395. The summed E-state index contributed by atoms with van der Waals surface area (Å²) in [6, 6.07) is 0. The molecule has 21 rings (SSSR count). The Kier molecular flexibility index (Phi) is 41.2. The van der Waals surface area contributed by atoms with Gasteiger partial charge in [0.2, 0.25) is 0 Å². The molecule has 21 aliphatic rings. The fourth-order valence-corrected chi connectivity index (χ4v) is 16.4. The van der Waals surface area contributed by atoms with Crippen LogP contribution in [0.5, 0.6) is 0 Å². The Hall–Kier alpha value is -12.0. The van der Waals surface area contributed by atoms with Gasteiger partial charge in [-0.25, -0.2) is 0 Å². The summed E-state index contributed by atoms with van der Waals surface area (Å²) in [5, 5.41) is 7.34. The van der Waals surface area contributed by atoms with Gasteiger partial charge in [-0.1, -0.05) is 10.2 Å². The summed E-state index contributed by atoms with van der Waals surface area (Å²) in [6.45, 7) is 8.60.